The average Bonchev–Trinajstić information content (AvgIpc) is 3.36. The lowest BCUT2D eigenvalue weighted by molar-refractivity contribution is -0.274. The van der Waals surface area contributed by atoms with E-state index in [0.29, 0.717) is 16.1 Å². The number of hydroxylamine groups is 1. The fourth-order valence-electron chi connectivity index (χ4n) is 4.50. The van der Waals surface area contributed by atoms with E-state index in [0.717, 1.165) is 15.8 Å². The number of alkyl halides is 3. The Kier molecular flexibility index (Phi) is 7.10. The minimum atomic E-state index is -4.77. The van der Waals surface area contributed by atoms with Gasteiger partial charge in [0.15, 0.2) is 14.6 Å². The number of benzene rings is 3. The van der Waals surface area contributed by atoms with E-state index in [1.54, 1.807) is 18.2 Å². The maximum Gasteiger partial charge on any atom is 0.573 e. The van der Waals surface area contributed by atoms with Crippen LogP contribution in [0.4, 0.5) is 13.2 Å². The third-order valence-corrected chi connectivity index (χ3v) is 10.1. The standard InChI is InChI=1S/C26H21F3N2O6S2/c27-26(28,29)37-19-6-1-17(2-7-19)23-30-21-10-5-18(15-22(21)38-23)16-3-8-20(9-4-16)39(34,35)25(24(32)31-33)11-13-36-14-12-25/h1-10,15,33H,11-14H2,(H,31,32). The van der Waals surface area contributed by atoms with Gasteiger partial charge in [-0.2, -0.15) is 0 Å². The van der Waals surface area contributed by atoms with Crippen LogP contribution in [-0.2, 0) is 19.4 Å². The number of nitrogens with one attached hydrogen (secondary N) is 1. The van der Waals surface area contributed by atoms with E-state index in [9.17, 15) is 31.6 Å². The molecule has 1 aromatic heterocycles. The molecule has 0 radical (unpaired) electrons. The van der Waals surface area contributed by atoms with E-state index in [1.807, 2.05) is 12.1 Å². The molecule has 1 fully saturated rings. The van der Waals surface area contributed by atoms with E-state index in [1.165, 1.54) is 53.2 Å². The van der Waals surface area contributed by atoms with Crippen LogP contribution < -0.4 is 10.2 Å². The van der Waals surface area contributed by atoms with Crippen molar-refractivity contribution in [3.63, 3.8) is 0 Å². The summed E-state index contributed by atoms with van der Waals surface area (Å²) in [6.45, 7) is 0.153. The van der Waals surface area contributed by atoms with Gasteiger partial charge in [0.25, 0.3) is 5.91 Å². The summed E-state index contributed by atoms with van der Waals surface area (Å²) in [5.74, 6) is -1.30. The lowest BCUT2D eigenvalue weighted by atomic mass is 9.98. The van der Waals surface area contributed by atoms with Gasteiger partial charge < -0.3 is 9.47 Å². The SMILES string of the molecule is O=C(NO)C1(S(=O)(=O)c2ccc(-c3ccc4nc(-c5ccc(OC(F)(F)F)cc5)sc4c3)cc2)CCOCC1. The van der Waals surface area contributed by atoms with Gasteiger partial charge in [-0.1, -0.05) is 18.2 Å². The number of thiazole rings is 1. The third kappa shape index (κ3) is 5.22. The van der Waals surface area contributed by atoms with Gasteiger partial charge >= 0.3 is 6.36 Å². The lowest BCUT2D eigenvalue weighted by Crippen LogP contribution is -2.54. The van der Waals surface area contributed by atoms with Crippen LogP contribution in [-0.4, -0.2) is 48.8 Å². The van der Waals surface area contributed by atoms with Crippen molar-refractivity contribution in [3.05, 3.63) is 66.7 Å². The molecular formula is C26H21F3N2O6S2. The molecule has 0 spiro atoms. The molecule has 0 unspecified atom stereocenters. The van der Waals surface area contributed by atoms with Crippen LogP contribution in [0.1, 0.15) is 12.8 Å². The molecule has 2 heterocycles. The molecule has 204 valence electrons. The number of ether oxygens (including phenoxy) is 2. The Morgan fingerprint density at radius 2 is 1.59 bits per heavy atom. The molecule has 1 amide bonds. The molecule has 0 aliphatic carbocycles. The quantitative estimate of drug-likeness (QED) is 0.234. The largest absolute Gasteiger partial charge is 0.573 e. The van der Waals surface area contributed by atoms with Crippen LogP contribution in [0.5, 0.6) is 5.75 Å². The highest BCUT2D eigenvalue weighted by Gasteiger charge is 2.52. The zero-order chi connectivity index (χ0) is 27.8. The number of sulfone groups is 1. The second-order valence-corrected chi connectivity index (χ2v) is 12.1. The number of halogens is 3. The van der Waals surface area contributed by atoms with Gasteiger partial charge in [-0.05, 0) is 72.5 Å². The number of hydrogen-bond acceptors (Lipinski definition) is 8. The van der Waals surface area contributed by atoms with Crippen molar-refractivity contribution in [2.24, 2.45) is 0 Å². The number of rotatable bonds is 6. The lowest BCUT2D eigenvalue weighted by Gasteiger charge is -2.34. The molecule has 2 N–H and O–H groups in total. The minimum absolute atomic E-state index is 0.0455. The van der Waals surface area contributed by atoms with Crippen LogP contribution in [0.2, 0.25) is 0 Å². The molecule has 3 aromatic carbocycles. The summed E-state index contributed by atoms with van der Waals surface area (Å²) in [6, 6.07) is 17.1. The minimum Gasteiger partial charge on any atom is -0.406 e. The van der Waals surface area contributed by atoms with Gasteiger partial charge in [-0.25, -0.2) is 18.9 Å². The van der Waals surface area contributed by atoms with E-state index >= 15 is 0 Å². The number of carbonyl (C=O) groups excluding carboxylic acids is 1. The van der Waals surface area contributed by atoms with Crippen LogP contribution >= 0.6 is 11.3 Å². The van der Waals surface area contributed by atoms with Gasteiger partial charge in [0, 0.05) is 18.8 Å². The van der Waals surface area contributed by atoms with Crippen molar-refractivity contribution in [1.82, 2.24) is 10.5 Å². The predicted molar refractivity (Wildman–Crippen MR) is 137 cm³/mol. The Hall–Kier alpha value is -3.52. The van der Waals surface area contributed by atoms with Gasteiger partial charge in [0.1, 0.15) is 10.8 Å². The van der Waals surface area contributed by atoms with E-state index in [2.05, 4.69) is 9.72 Å². The smallest absolute Gasteiger partial charge is 0.406 e. The molecule has 13 heteroatoms. The number of fused-ring (bicyclic) bond motifs is 1. The van der Waals surface area contributed by atoms with Gasteiger partial charge in [-0.15, -0.1) is 24.5 Å². The normalized spacial score (nSPS) is 15.7. The highest BCUT2D eigenvalue weighted by atomic mass is 32.2. The molecule has 1 aliphatic heterocycles. The first-order chi connectivity index (χ1) is 18.5. The number of hydrogen-bond donors (Lipinski definition) is 2. The summed E-state index contributed by atoms with van der Waals surface area (Å²) in [4.78, 5) is 17.0. The summed E-state index contributed by atoms with van der Waals surface area (Å²) in [7, 11) is -4.14. The summed E-state index contributed by atoms with van der Waals surface area (Å²) in [6.07, 6.45) is -4.92. The molecule has 5 rings (SSSR count). The molecule has 0 atom stereocenters. The van der Waals surface area contributed by atoms with E-state index in [4.69, 9.17) is 4.74 Å². The maximum absolute atomic E-state index is 13.5. The van der Waals surface area contributed by atoms with Crippen molar-refractivity contribution in [1.29, 1.82) is 0 Å². The van der Waals surface area contributed by atoms with E-state index < -0.39 is 26.9 Å². The zero-order valence-electron chi connectivity index (χ0n) is 20.1. The summed E-state index contributed by atoms with van der Waals surface area (Å²) < 4.78 is 72.3. The number of nitrogens with zero attached hydrogens (tertiary/aromatic N) is 1. The Morgan fingerprint density at radius 1 is 0.974 bits per heavy atom. The maximum atomic E-state index is 13.5. The molecule has 1 aliphatic rings. The van der Waals surface area contributed by atoms with Crippen molar-refractivity contribution in [2.45, 2.75) is 28.8 Å². The Bertz CT molecular complexity index is 1610. The first-order valence-corrected chi connectivity index (χ1v) is 14.0. The van der Waals surface area contributed by atoms with Crippen LogP contribution in [0.3, 0.4) is 0 Å². The highest BCUT2D eigenvalue weighted by Crippen LogP contribution is 2.37. The van der Waals surface area contributed by atoms with Crippen LogP contribution in [0.15, 0.2) is 71.6 Å². The zero-order valence-corrected chi connectivity index (χ0v) is 21.7. The monoisotopic (exact) mass is 578 g/mol. The van der Waals surface area contributed by atoms with E-state index in [-0.39, 0.29) is 36.7 Å². The predicted octanol–water partition coefficient (Wildman–Crippen LogP) is 5.36. The molecule has 8 nitrogen and oxygen atoms in total. The average molecular weight is 579 g/mol. The third-order valence-electron chi connectivity index (χ3n) is 6.55. The van der Waals surface area contributed by atoms with Crippen molar-refractivity contribution in [2.75, 3.05) is 13.2 Å². The van der Waals surface area contributed by atoms with Crippen molar-refractivity contribution >= 4 is 37.3 Å². The fraction of sp³-hybridized carbons (Fsp3) is 0.231. The second-order valence-electron chi connectivity index (χ2n) is 8.85. The topological polar surface area (TPSA) is 115 Å². The summed E-state index contributed by atoms with van der Waals surface area (Å²) >= 11 is 1.36. The number of aromatic nitrogens is 1. The van der Waals surface area contributed by atoms with Gasteiger partial charge in [-0.3, -0.25) is 10.0 Å². The summed E-state index contributed by atoms with van der Waals surface area (Å²) in [5, 5.41) is 9.83. The Labute approximate surface area is 224 Å². The number of amides is 1. The fourth-order valence-corrected chi connectivity index (χ4v) is 7.45. The summed E-state index contributed by atoms with van der Waals surface area (Å²) in [5.41, 5.74) is 4.36. The first kappa shape index (κ1) is 27.1. The van der Waals surface area contributed by atoms with Crippen molar-refractivity contribution in [3.8, 4) is 27.4 Å². The van der Waals surface area contributed by atoms with Gasteiger partial charge in [0.2, 0.25) is 0 Å². The second kappa shape index (κ2) is 10.2. The van der Waals surface area contributed by atoms with Crippen LogP contribution in [0, 0.1) is 0 Å². The Morgan fingerprint density at radius 3 is 2.21 bits per heavy atom. The van der Waals surface area contributed by atoms with Gasteiger partial charge in [0.05, 0.1) is 15.1 Å². The van der Waals surface area contributed by atoms with Crippen molar-refractivity contribution < 1.29 is 41.1 Å². The first-order valence-electron chi connectivity index (χ1n) is 11.7. The Balaban J connectivity index is 1.41. The molecule has 1 saturated heterocycles. The molecule has 0 bridgehead atoms. The van der Waals surface area contributed by atoms with Crippen LogP contribution in [0.25, 0.3) is 31.9 Å². The highest BCUT2D eigenvalue weighted by molar-refractivity contribution is 7.93. The molecular weight excluding hydrogens is 557 g/mol. The number of carbonyl (C=O) groups is 1. The molecule has 39 heavy (non-hydrogen) atoms. The molecule has 4 aromatic rings. The molecule has 0 saturated carbocycles.